The van der Waals surface area contributed by atoms with Crippen molar-refractivity contribution in [1.29, 1.82) is 0 Å². The monoisotopic (exact) mass is 322 g/mol. The van der Waals surface area contributed by atoms with E-state index < -0.39 is 0 Å². The summed E-state index contributed by atoms with van der Waals surface area (Å²) in [6, 6.07) is 8.95. The summed E-state index contributed by atoms with van der Waals surface area (Å²) in [6.07, 6.45) is 0. The van der Waals surface area contributed by atoms with Crippen molar-refractivity contribution in [2.75, 3.05) is 0 Å². The van der Waals surface area contributed by atoms with Crippen LogP contribution >= 0.6 is 27.3 Å². The van der Waals surface area contributed by atoms with Gasteiger partial charge in [-0.3, -0.25) is 0 Å². The zero-order valence-corrected chi connectivity index (χ0v) is 13.7. The first-order valence-corrected chi connectivity index (χ1v) is 8.02. The Morgan fingerprint density at radius 2 is 1.67 bits per heavy atom. The fourth-order valence-electron chi connectivity index (χ4n) is 1.96. The predicted molar refractivity (Wildman–Crippen MR) is 85.0 cm³/mol. The number of aryl methyl sites for hydroxylation is 1. The Balaban J connectivity index is 2.28. The van der Waals surface area contributed by atoms with Crippen LogP contribution in [0.3, 0.4) is 0 Å². The topological polar surface area (TPSA) is 0 Å². The maximum absolute atomic E-state index is 3.81. The van der Waals surface area contributed by atoms with Crippen molar-refractivity contribution in [1.82, 2.24) is 0 Å². The van der Waals surface area contributed by atoms with Crippen LogP contribution in [0.4, 0.5) is 0 Å². The summed E-state index contributed by atoms with van der Waals surface area (Å²) in [4.78, 5) is 0.303. The number of alkyl halides is 1. The summed E-state index contributed by atoms with van der Waals surface area (Å²) in [6.45, 7) is 8.91. The molecule has 0 aliphatic rings. The summed E-state index contributed by atoms with van der Waals surface area (Å²) in [7, 11) is 0. The maximum atomic E-state index is 3.81. The number of rotatable bonds is 2. The molecule has 0 aliphatic heterocycles. The van der Waals surface area contributed by atoms with Gasteiger partial charge in [0.15, 0.2) is 0 Å². The molecule has 2 aromatic rings. The third kappa shape index (κ3) is 2.86. The van der Waals surface area contributed by atoms with Crippen molar-refractivity contribution in [2.24, 2.45) is 0 Å². The van der Waals surface area contributed by atoms with Crippen LogP contribution in [0.1, 0.15) is 47.9 Å². The molecule has 0 bridgehead atoms. The van der Waals surface area contributed by atoms with E-state index in [1.807, 2.05) is 0 Å². The Morgan fingerprint density at radius 3 is 2.11 bits per heavy atom. The molecule has 2 heteroatoms. The highest BCUT2D eigenvalue weighted by molar-refractivity contribution is 9.09. The lowest BCUT2D eigenvalue weighted by molar-refractivity contribution is 0.590. The van der Waals surface area contributed by atoms with Crippen LogP contribution in [0.15, 0.2) is 35.0 Å². The first-order valence-electron chi connectivity index (χ1n) is 6.17. The van der Waals surface area contributed by atoms with E-state index in [1.165, 1.54) is 22.3 Å². The lowest BCUT2D eigenvalue weighted by Gasteiger charge is -2.20. The van der Waals surface area contributed by atoms with Crippen LogP contribution in [0.5, 0.6) is 0 Å². The fourth-order valence-corrected chi connectivity index (χ4v) is 3.81. The highest BCUT2D eigenvalue weighted by Gasteiger charge is 2.16. The van der Waals surface area contributed by atoms with E-state index in [0.717, 1.165) is 0 Å². The van der Waals surface area contributed by atoms with Gasteiger partial charge >= 0.3 is 0 Å². The second-order valence-corrected chi connectivity index (χ2v) is 7.40. The van der Waals surface area contributed by atoms with Gasteiger partial charge < -0.3 is 0 Å². The molecule has 1 heterocycles. The summed E-state index contributed by atoms with van der Waals surface area (Å²) in [5.74, 6) is 0. The largest absolute Gasteiger partial charge is 0.152 e. The molecule has 0 spiro atoms. The number of thiophene rings is 1. The first kappa shape index (κ1) is 13.8. The predicted octanol–water partition coefficient (Wildman–Crippen LogP) is 5.84. The molecular formula is C16H19BrS. The van der Waals surface area contributed by atoms with Crippen molar-refractivity contribution in [3.8, 4) is 0 Å². The van der Waals surface area contributed by atoms with Crippen LogP contribution in [-0.4, -0.2) is 0 Å². The Labute approximate surface area is 122 Å². The van der Waals surface area contributed by atoms with E-state index in [-0.39, 0.29) is 5.41 Å². The lowest BCUT2D eigenvalue weighted by Crippen LogP contribution is -2.10. The summed E-state index contributed by atoms with van der Waals surface area (Å²) in [5, 5.41) is 4.43. The molecule has 0 saturated carbocycles. The van der Waals surface area contributed by atoms with E-state index in [0.29, 0.717) is 4.83 Å². The molecule has 1 aromatic heterocycles. The van der Waals surface area contributed by atoms with Crippen LogP contribution < -0.4 is 0 Å². The molecule has 0 fully saturated rings. The van der Waals surface area contributed by atoms with Crippen molar-refractivity contribution < 1.29 is 0 Å². The van der Waals surface area contributed by atoms with E-state index in [2.05, 4.69) is 78.7 Å². The number of hydrogen-bond acceptors (Lipinski definition) is 1. The molecule has 2 rings (SSSR count). The minimum Gasteiger partial charge on any atom is -0.152 e. The number of hydrogen-bond donors (Lipinski definition) is 0. The first-order chi connectivity index (χ1) is 8.39. The van der Waals surface area contributed by atoms with Gasteiger partial charge in [-0.1, -0.05) is 61.0 Å². The summed E-state index contributed by atoms with van der Waals surface area (Å²) in [5.41, 5.74) is 5.67. The van der Waals surface area contributed by atoms with Gasteiger partial charge in [0.05, 0.1) is 4.83 Å². The molecular weight excluding hydrogens is 304 g/mol. The molecule has 0 saturated heterocycles. The van der Waals surface area contributed by atoms with Gasteiger partial charge in [0.25, 0.3) is 0 Å². The van der Waals surface area contributed by atoms with Gasteiger partial charge in [-0.05, 0) is 45.4 Å². The SMILES string of the molecule is Cc1cscc1C(Br)c1ccc(C(C)(C)C)cc1. The van der Waals surface area contributed by atoms with Crippen molar-refractivity contribution in [2.45, 2.75) is 37.9 Å². The molecule has 18 heavy (non-hydrogen) atoms. The zero-order chi connectivity index (χ0) is 13.3. The van der Waals surface area contributed by atoms with Crippen LogP contribution in [0.2, 0.25) is 0 Å². The smallest absolute Gasteiger partial charge is 0.0655 e. The van der Waals surface area contributed by atoms with Gasteiger partial charge in [0, 0.05) is 0 Å². The zero-order valence-electron chi connectivity index (χ0n) is 11.3. The third-order valence-electron chi connectivity index (χ3n) is 3.24. The normalized spacial score (nSPS) is 13.6. The molecule has 0 radical (unpaired) electrons. The number of halogens is 1. The van der Waals surface area contributed by atoms with Crippen LogP contribution in [-0.2, 0) is 5.41 Å². The maximum Gasteiger partial charge on any atom is 0.0655 e. The van der Waals surface area contributed by atoms with Crippen LogP contribution in [0, 0.1) is 6.92 Å². The summed E-state index contributed by atoms with van der Waals surface area (Å²) < 4.78 is 0. The minimum atomic E-state index is 0.221. The second kappa shape index (κ2) is 5.18. The van der Waals surface area contributed by atoms with Gasteiger partial charge in [-0.25, -0.2) is 0 Å². The molecule has 0 aliphatic carbocycles. The molecule has 1 aromatic carbocycles. The van der Waals surface area contributed by atoms with E-state index in [1.54, 1.807) is 11.3 Å². The Hall–Kier alpha value is -0.600. The number of benzene rings is 1. The molecule has 0 nitrogen and oxygen atoms in total. The molecule has 1 unspecified atom stereocenters. The standard InChI is InChI=1S/C16H19BrS/c1-11-9-18-10-14(11)15(17)12-5-7-13(8-6-12)16(2,3)4/h5-10,15H,1-4H3. The highest BCUT2D eigenvalue weighted by Crippen LogP contribution is 2.35. The van der Waals surface area contributed by atoms with Crippen molar-refractivity contribution in [3.05, 3.63) is 57.3 Å². The second-order valence-electron chi connectivity index (χ2n) is 5.74. The van der Waals surface area contributed by atoms with Crippen molar-refractivity contribution >= 4 is 27.3 Å². The molecule has 0 N–H and O–H groups in total. The molecule has 0 amide bonds. The third-order valence-corrected chi connectivity index (χ3v) is 5.14. The van der Waals surface area contributed by atoms with Gasteiger partial charge in [0.1, 0.15) is 0 Å². The molecule has 96 valence electrons. The average molecular weight is 323 g/mol. The highest BCUT2D eigenvalue weighted by atomic mass is 79.9. The quantitative estimate of drug-likeness (QED) is 0.609. The van der Waals surface area contributed by atoms with Crippen molar-refractivity contribution in [3.63, 3.8) is 0 Å². The Bertz CT molecular complexity index is 517. The van der Waals surface area contributed by atoms with E-state index in [9.17, 15) is 0 Å². The van der Waals surface area contributed by atoms with E-state index in [4.69, 9.17) is 0 Å². The van der Waals surface area contributed by atoms with Crippen LogP contribution in [0.25, 0.3) is 0 Å². The lowest BCUT2D eigenvalue weighted by atomic mass is 9.86. The Kier molecular flexibility index (Phi) is 3.98. The fraction of sp³-hybridized carbons (Fsp3) is 0.375. The summed E-state index contributed by atoms with van der Waals surface area (Å²) >= 11 is 5.57. The minimum absolute atomic E-state index is 0.221. The average Bonchev–Trinajstić information content (AvgIpc) is 2.73. The van der Waals surface area contributed by atoms with Gasteiger partial charge in [0.2, 0.25) is 0 Å². The molecule has 1 atom stereocenters. The Morgan fingerprint density at radius 1 is 1.06 bits per heavy atom. The van der Waals surface area contributed by atoms with E-state index >= 15 is 0 Å². The van der Waals surface area contributed by atoms with Gasteiger partial charge in [-0.15, -0.1) is 0 Å². The van der Waals surface area contributed by atoms with Gasteiger partial charge in [-0.2, -0.15) is 11.3 Å².